The highest BCUT2D eigenvalue weighted by molar-refractivity contribution is 4.88. The molecule has 0 aliphatic rings. The normalized spacial score (nSPS) is 9.00. The van der Waals surface area contributed by atoms with Gasteiger partial charge in [-0.1, -0.05) is 0 Å². The summed E-state index contributed by atoms with van der Waals surface area (Å²) in [5.41, 5.74) is -0.535. The van der Waals surface area contributed by atoms with Crippen LogP contribution in [0.15, 0.2) is 23.1 Å². The van der Waals surface area contributed by atoms with Crippen molar-refractivity contribution in [2.75, 3.05) is 0 Å². The molecular weight excluding hydrogens is 106 g/mol. The summed E-state index contributed by atoms with van der Waals surface area (Å²) in [4.78, 5) is 10.3. The van der Waals surface area contributed by atoms with Crippen molar-refractivity contribution in [1.82, 2.24) is 4.73 Å². The van der Waals surface area contributed by atoms with E-state index >= 15 is 0 Å². The first-order valence-electron chi connectivity index (χ1n) is 2.09. The van der Waals surface area contributed by atoms with Crippen molar-refractivity contribution in [3.05, 3.63) is 34.7 Å². The van der Waals surface area contributed by atoms with E-state index in [1.165, 1.54) is 18.3 Å². The summed E-state index contributed by atoms with van der Waals surface area (Å²) in [7, 11) is 0. The van der Waals surface area contributed by atoms with Gasteiger partial charge in [0.15, 0.2) is 0 Å². The van der Waals surface area contributed by atoms with Gasteiger partial charge in [-0.3, -0.25) is 4.79 Å². The fourth-order valence-electron chi connectivity index (χ4n) is 0.378. The molecule has 0 aliphatic heterocycles. The highest BCUT2D eigenvalue weighted by Crippen LogP contribution is 1.71. The van der Waals surface area contributed by atoms with Crippen molar-refractivity contribution in [2.45, 2.75) is 0 Å². The van der Waals surface area contributed by atoms with E-state index in [-0.39, 0.29) is 0 Å². The van der Waals surface area contributed by atoms with Crippen LogP contribution in [-0.4, -0.2) is 9.94 Å². The maximum absolute atomic E-state index is 10.3. The van der Waals surface area contributed by atoms with Crippen molar-refractivity contribution in [1.29, 1.82) is 0 Å². The summed E-state index contributed by atoms with van der Waals surface area (Å²) >= 11 is 0. The molecule has 41 valence electrons. The topological polar surface area (TPSA) is 42.2 Å². The van der Waals surface area contributed by atoms with Crippen LogP contribution in [0.4, 0.5) is 0 Å². The van der Waals surface area contributed by atoms with E-state index in [1.54, 1.807) is 0 Å². The maximum Gasteiger partial charge on any atom is 0.290 e. The fourth-order valence-corrected chi connectivity index (χ4v) is 0.378. The monoisotopic (exact) mass is 110 g/mol. The lowest BCUT2D eigenvalue weighted by Crippen LogP contribution is -2.14. The molecule has 0 unspecified atom stereocenters. The molecule has 1 N–H and O–H groups in total. The lowest BCUT2D eigenvalue weighted by Gasteiger charge is -1.87. The minimum Gasteiger partial charge on any atom is -0.425 e. The Morgan fingerprint density at radius 3 is 2.88 bits per heavy atom. The molecule has 0 bridgehead atoms. The van der Waals surface area contributed by atoms with Crippen molar-refractivity contribution in [3.8, 4) is 0 Å². The minimum atomic E-state index is -0.535. The molecule has 0 aromatic carbocycles. The van der Waals surface area contributed by atoms with Crippen LogP contribution in [0.3, 0.4) is 0 Å². The van der Waals surface area contributed by atoms with Gasteiger partial charge in [-0.15, -0.1) is 0 Å². The van der Waals surface area contributed by atoms with E-state index < -0.39 is 5.56 Å². The van der Waals surface area contributed by atoms with Crippen LogP contribution >= 0.6 is 0 Å². The van der Waals surface area contributed by atoms with Crippen LogP contribution in [0.1, 0.15) is 0 Å². The third kappa shape index (κ3) is 0.703. The van der Waals surface area contributed by atoms with Gasteiger partial charge in [0.05, 0.1) is 6.07 Å². The lowest BCUT2D eigenvalue weighted by molar-refractivity contribution is 0.174. The zero-order valence-corrected chi connectivity index (χ0v) is 4.03. The average molecular weight is 110 g/mol. The van der Waals surface area contributed by atoms with Crippen molar-refractivity contribution < 1.29 is 5.21 Å². The van der Waals surface area contributed by atoms with Crippen LogP contribution < -0.4 is 5.56 Å². The van der Waals surface area contributed by atoms with Crippen LogP contribution in [0.2, 0.25) is 0 Å². The van der Waals surface area contributed by atoms with E-state index in [1.807, 2.05) is 0 Å². The largest absolute Gasteiger partial charge is 0.425 e. The summed E-state index contributed by atoms with van der Waals surface area (Å²) in [5.74, 6) is 0. The van der Waals surface area contributed by atoms with Gasteiger partial charge >= 0.3 is 0 Å². The van der Waals surface area contributed by atoms with Gasteiger partial charge in [-0.05, 0) is 12.1 Å². The summed E-state index contributed by atoms with van der Waals surface area (Å²) in [6.07, 6.45) is 1.25. The summed E-state index contributed by atoms with van der Waals surface area (Å²) in [5, 5.41) is 8.49. The summed E-state index contributed by atoms with van der Waals surface area (Å²) in [6, 6.07) is 5.21. The Labute approximate surface area is 45.8 Å². The first kappa shape index (κ1) is 4.90. The van der Waals surface area contributed by atoms with Crippen LogP contribution in [0, 0.1) is 6.07 Å². The highest BCUT2D eigenvalue weighted by atomic mass is 16.5. The Morgan fingerprint density at radius 1 is 1.75 bits per heavy atom. The second kappa shape index (κ2) is 1.69. The number of aromatic nitrogens is 1. The van der Waals surface area contributed by atoms with Gasteiger partial charge < -0.3 is 5.21 Å². The zero-order valence-electron chi connectivity index (χ0n) is 4.03. The van der Waals surface area contributed by atoms with E-state index in [2.05, 4.69) is 6.07 Å². The molecule has 8 heavy (non-hydrogen) atoms. The van der Waals surface area contributed by atoms with Gasteiger partial charge in [0.1, 0.15) is 0 Å². The summed E-state index contributed by atoms with van der Waals surface area (Å²) < 4.78 is 0.472. The number of hydrogen-bond acceptors (Lipinski definition) is 2. The molecule has 1 aromatic rings. The van der Waals surface area contributed by atoms with Crippen molar-refractivity contribution in [3.63, 3.8) is 0 Å². The molecule has 3 nitrogen and oxygen atoms in total. The maximum atomic E-state index is 10.3. The van der Waals surface area contributed by atoms with E-state index in [0.717, 1.165) is 0 Å². The molecule has 1 aromatic heterocycles. The Balaban J connectivity index is 3.35. The highest BCUT2D eigenvalue weighted by Gasteiger charge is 1.83. The molecular formula is C5H4NO2. The molecule has 0 atom stereocenters. The lowest BCUT2D eigenvalue weighted by atomic mass is 10.5. The molecule has 3 heteroatoms. The molecule has 0 amide bonds. The first-order valence-corrected chi connectivity index (χ1v) is 2.09. The molecule has 0 saturated carbocycles. The number of hydrogen-bond donors (Lipinski definition) is 1. The molecule has 1 radical (unpaired) electrons. The second-order valence-electron chi connectivity index (χ2n) is 1.30. The molecule has 0 fully saturated rings. The van der Waals surface area contributed by atoms with Crippen molar-refractivity contribution in [2.24, 2.45) is 0 Å². The standard InChI is InChI=1S/C5H4NO2/c7-5-3-1-2-4-6(5)8/h1-2,4,8H. The zero-order chi connectivity index (χ0) is 5.98. The smallest absolute Gasteiger partial charge is 0.290 e. The Kier molecular flexibility index (Phi) is 1.04. The number of nitrogens with zero attached hydrogens (tertiary/aromatic N) is 1. The van der Waals surface area contributed by atoms with Crippen LogP contribution in [0.25, 0.3) is 0 Å². The third-order valence-electron chi connectivity index (χ3n) is 0.738. The Bertz CT molecular complexity index is 228. The van der Waals surface area contributed by atoms with Crippen molar-refractivity contribution >= 4 is 0 Å². The minimum absolute atomic E-state index is 0.472. The number of rotatable bonds is 0. The van der Waals surface area contributed by atoms with E-state index in [0.29, 0.717) is 4.73 Å². The average Bonchev–Trinajstić information content (AvgIpc) is 1.77. The Morgan fingerprint density at radius 2 is 2.50 bits per heavy atom. The van der Waals surface area contributed by atoms with Gasteiger partial charge in [-0.25, -0.2) is 0 Å². The Hall–Kier alpha value is -1.25. The molecule has 1 rings (SSSR count). The van der Waals surface area contributed by atoms with E-state index in [9.17, 15) is 4.79 Å². The molecule has 0 aliphatic carbocycles. The summed E-state index contributed by atoms with van der Waals surface area (Å²) in [6.45, 7) is 0. The second-order valence-corrected chi connectivity index (χ2v) is 1.30. The number of pyridine rings is 1. The fraction of sp³-hybridized carbons (Fsp3) is 0. The SMILES string of the molecule is O=c1[c]cccn1O. The van der Waals surface area contributed by atoms with Crippen LogP contribution in [-0.2, 0) is 0 Å². The van der Waals surface area contributed by atoms with Gasteiger partial charge in [0, 0.05) is 6.20 Å². The molecule has 1 heterocycles. The molecule has 0 spiro atoms. The van der Waals surface area contributed by atoms with Gasteiger partial charge in [-0.2, -0.15) is 4.73 Å². The van der Waals surface area contributed by atoms with E-state index in [4.69, 9.17) is 5.21 Å². The predicted octanol–water partition coefficient (Wildman–Crippen LogP) is -0.114. The third-order valence-corrected chi connectivity index (χ3v) is 0.738. The van der Waals surface area contributed by atoms with Gasteiger partial charge in [0.2, 0.25) is 0 Å². The van der Waals surface area contributed by atoms with Crippen LogP contribution in [0.5, 0.6) is 0 Å². The quantitative estimate of drug-likeness (QED) is 0.473. The molecule has 0 saturated heterocycles. The predicted molar refractivity (Wildman–Crippen MR) is 26.7 cm³/mol. The van der Waals surface area contributed by atoms with Gasteiger partial charge in [0.25, 0.3) is 5.56 Å². The first-order chi connectivity index (χ1) is 3.80.